The number of sulfonamides is 1. The van der Waals surface area contributed by atoms with Gasteiger partial charge in [0.15, 0.2) is 5.82 Å². The molecule has 0 aliphatic rings. The summed E-state index contributed by atoms with van der Waals surface area (Å²) in [6.07, 6.45) is 1.15. The molecule has 0 radical (unpaired) electrons. The van der Waals surface area contributed by atoms with E-state index in [0.717, 1.165) is 0 Å². The van der Waals surface area contributed by atoms with Crippen molar-refractivity contribution >= 4 is 27.5 Å². The Morgan fingerprint density at radius 3 is 2.59 bits per heavy atom. The summed E-state index contributed by atoms with van der Waals surface area (Å²) in [6, 6.07) is 4.15. The van der Waals surface area contributed by atoms with Crippen LogP contribution < -0.4 is 10.0 Å². The molecule has 8 nitrogen and oxygen atoms in total. The minimum Gasteiger partial charge on any atom is -0.352 e. The van der Waals surface area contributed by atoms with Gasteiger partial charge in [0.05, 0.1) is 5.02 Å². The smallest absolute Gasteiger partial charge is 0.251 e. The number of halogens is 1. The zero-order valence-electron chi connectivity index (χ0n) is 15.7. The lowest BCUT2D eigenvalue weighted by atomic mass is 10.1. The van der Waals surface area contributed by atoms with Crippen LogP contribution in [0.4, 0.5) is 0 Å². The maximum Gasteiger partial charge on any atom is 0.251 e. The van der Waals surface area contributed by atoms with Gasteiger partial charge in [-0.25, -0.2) is 13.1 Å². The Balaban J connectivity index is 2.02. The lowest BCUT2D eigenvalue weighted by Gasteiger charge is -2.21. The third-order valence-electron chi connectivity index (χ3n) is 3.35. The summed E-state index contributed by atoms with van der Waals surface area (Å²) in [5.41, 5.74) is -0.463. The molecule has 1 amide bonds. The van der Waals surface area contributed by atoms with Crippen LogP contribution in [0.3, 0.4) is 0 Å². The highest BCUT2D eigenvalue weighted by Crippen LogP contribution is 2.24. The monoisotopic (exact) mass is 414 g/mol. The molecule has 2 N–H and O–H groups in total. The minimum absolute atomic E-state index is 0.0510. The largest absolute Gasteiger partial charge is 0.352 e. The van der Waals surface area contributed by atoms with Crippen LogP contribution in [-0.2, 0) is 16.4 Å². The quantitative estimate of drug-likeness (QED) is 0.672. The molecule has 0 saturated heterocycles. The fourth-order valence-corrected chi connectivity index (χ4v) is 4.24. The first-order valence-corrected chi connectivity index (χ1v) is 10.2. The van der Waals surface area contributed by atoms with Gasteiger partial charge in [0.1, 0.15) is 4.90 Å². The van der Waals surface area contributed by atoms with Crippen LogP contribution in [0.15, 0.2) is 27.6 Å². The standard InChI is InChI=1S/C17H23ClN4O4S/c1-11-20-15(26-21-11)6-5-9-19-16(23)12-7-8-13(18)14(10-12)27(24,25)22-17(2,3)4/h7-8,10,22H,5-6,9H2,1-4H3,(H,19,23). The predicted octanol–water partition coefficient (Wildman–Crippen LogP) is 2.47. The van der Waals surface area contributed by atoms with Gasteiger partial charge in [-0.15, -0.1) is 0 Å². The molecule has 0 bridgehead atoms. The number of nitrogens with one attached hydrogen (secondary N) is 2. The van der Waals surface area contributed by atoms with Gasteiger partial charge >= 0.3 is 0 Å². The number of nitrogens with zero attached hydrogens (tertiary/aromatic N) is 2. The molecule has 2 rings (SSSR count). The zero-order valence-corrected chi connectivity index (χ0v) is 17.2. The van der Waals surface area contributed by atoms with E-state index < -0.39 is 15.6 Å². The van der Waals surface area contributed by atoms with Gasteiger partial charge in [-0.2, -0.15) is 4.98 Å². The zero-order chi connectivity index (χ0) is 20.2. The van der Waals surface area contributed by atoms with Gasteiger partial charge < -0.3 is 9.84 Å². The van der Waals surface area contributed by atoms with Crippen LogP contribution in [0.2, 0.25) is 5.02 Å². The maximum absolute atomic E-state index is 12.5. The summed E-state index contributed by atoms with van der Waals surface area (Å²) in [4.78, 5) is 16.3. The molecule has 10 heteroatoms. The van der Waals surface area contributed by atoms with Crippen LogP contribution in [0, 0.1) is 6.92 Å². The molecule has 1 heterocycles. The molecule has 1 aromatic heterocycles. The predicted molar refractivity (Wildman–Crippen MR) is 101 cm³/mol. The van der Waals surface area contributed by atoms with Crippen molar-refractivity contribution in [3.63, 3.8) is 0 Å². The Morgan fingerprint density at radius 2 is 2.00 bits per heavy atom. The third-order valence-corrected chi connectivity index (χ3v) is 5.59. The summed E-state index contributed by atoms with van der Waals surface area (Å²) in [6.45, 7) is 7.28. The Morgan fingerprint density at radius 1 is 1.30 bits per heavy atom. The molecule has 27 heavy (non-hydrogen) atoms. The number of carbonyl (C=O) groups excluding carboxylic acids is 1. The van der Waals surface area contributed by atoms with Gasteiger partial charge in [-0.1, -0.05) is 16.8 Å². The van der Waals surface area contributed by atoms with E-state index in [-0.39, 0.29) is 21.4 Å². The molecular formula is C17H23ClN4O4S. The summed E-state index contributed by atoms with van der Waals surface area (Å²) in [5, 5.41) is 6.48. The van der Waals surface area contributed by atoms with Crippen LogP contribution in [0.1, 0.15) is 49.3 Å². The van der Waals surface area contributed by atoms with Crippen molar-refractivity contribution in [1.82, 2.24) is 20.2 Å². The van der Waals surface area contributed by atoms with Crippen molar-refractivity contribution in [2.24, 2.45) is 0 Å². The number of benzene rings is 1. The molecule has 0 atom stereocenters. The number of rotatable bonds is 7. The van der Waals surface area contributed by atoms with E-state index in [1.165, 1.54) is 18.2 Å². The minimum atomic E-state index is -3.85. The normalized spacial score (nSPS) is 12.2. The van der Waals surface area contributed by atoms with E-state index in [9.17, 15) is 13.2 Å². The van der Waals surface area contributed by atoms with E-state index >= 15 is 0 Å². The fourth-order valence-electron chi connectivity index (χ4n) is 2.29. The highest BCUT2D eigenvalue weighted by atomic mass is 35.5. The van der Waals surface area contributed by atoms with Crippen molar-refractivity contribution in [1.29, 1.82) is 0 Å². The van der Waals surface area contributed by atoms with E-state index in [0.29, 0.717) is 31.1 Å². The summed E-state index contributed by atoms with van der Waals surface area (Å²) >= 11 is 6.04. The van der Waals surface area contributed by atoms with Gasteiger partial charge in [0.2, 0.25) is 15.9 Å². The van der Waals surface area contributed by atoms with Crippen LogP contribution in [-0.4, -0.2) is 36.5 Å². The number of aryl methyl sites for hydroxylation is 2. The molecular weight excluding hydrogens is 392 g/mol. The van der Waals surface area contributed by atoms with Gasteiger partial charge in [-0.3, -0.25) is 4.79 Å². The molecule has 0 fully saturated rings. The van der Waals surface area contributed by atoms with E-state index in [1.54, 1.807) is 27.7 Å². The van der Waals surface area contributed by atoms with E-state index in [4.69, 9.17) is 16.1 Å². The first-order valence-electron chi connectivity index (χ1n) is 8.39. The van der Waals surface area contributed by atoms with Gasteiger partial charge in [0, 0.05) is 24.1 Å². The van der Waals surface area contributed by atoms with Gasteiger partial charge in [0.25, 0.3) is 5.91 Å². The number of hydrogen-bond acceptors (Lipinski definition) is 6. The van der Waals surface area contributed by atoms with E-state index in [1.807, 2.05) is 0 Å². The van der Waals surface area contributed by atoms with Crippen molar-refractivity contribution in [2.75, 3.05) is 6.54 Å². The van der Waals surface area contributed by atoms with Crippen molar-refractivity contribution in [3.8, 4) is 0 Å². The maximum atomic E-state index is 12.5. The summed E-state index contributed by atoms with van der Waals surface area (Å²) in [7, 11) is -3.85. The molecule has 148 valence electrons. The van der Waals surface area contributed by atoms with Crippen molar-refractivity contribution in [2.45, 2.75) is 51.0 Å². The lowest BCUT2D eigenvalue weighted by Crippen LogP contribution is -2.40. The first-order chi connectivity index (χ1) is 12.5. The SMILES string of the molecule is Cc1noc(CCCNC(=O)c2ccc(Cl)c(S(=O)(=O)NC(C)(C)C)c2)n1. The molecule has 0 spiro atoms. The average molecular weight is 415 g/mol. The topological polar surface area (TPSA) is 114 Å². The summed E-state index contributed by atoms with van der Waals surface area (Å²) < 4.78 is 32.5. The van der Waals surface area contributed by atoms with Crippen LogP contribution >= 0.6 is 11.6 Å². The Bertz CT molecular complexity index is 919. The second kappa shape index (κ2) is 8.37. The molecule has 0 saturated carbocycles. The second-order valence-electron chi connectivity index (χ2n) is 7.10. The van der Waals surface area contributed by atoms with Gasteiger partial charge in [-0.05, 0) is 52.3 Å². The highest BCUT2D eigenvalue weighted by molar-refractivity contribution is 7.89. The Hall–Kier alpha value is -1.97. The Labute approximate surface area is 163 Å². The van der Waals surface area contributed by atoms with E-state index in [2.05, 4.69) is 20.2 Å². The molecule has 0 aliphatic heterocycles. The molecule has 1 aromatic carbocycles. The Kier molecular flexibility index (Phi) is 6.61. The molecule has 0 unspecified atom stereocenters. The third kappa shape index (κ3) is 6.30. The number of aromatic nitrogens is 2. The number of hydrogen-bond donors (Lipinski definition) is 2. The molecule has 0 aliphatic carbocycles. The number of carbonyl (C=O) groups is 1. The van der Waals surface area contributed by atoms with Crippen molar-refractivity contribution < 1.29 is 17.7 Å². The van der Waals surface area contributed by atoms with Crippen LogP contribution in [0.25, 0.3) is 0 Å². The average Bonchev–Trinajstić information content (AvgIpc) is 2.94. The highest BCUT2D eigenvalue weighted by Gasteiger charge is 2.25. The fraction of sp³-hybridized carbons (Fsp3) is 0.471. The lowest BCUT2D eigenvalue weighted by molar-refractivity contribution is 0.0952. The second-order valence-corrected chi connectivity index (χ2v) is 9.15. The molecule has 2 aromatic rings. The summed E-state index contributed by atoms with van der Waals surface area (Å²) in [5.74, 6) is 0.684. The first kappa shape index (κ1) is 21.3. The van der Waals surface area contributed by atoms with Crippen LogP contribution in [0.5, 0.6) is 0 Å². The van der Waals surface area contributed by atoms with Crippen molar-refractivity contribution in [3.05, 3.63) is 40.5 Å². The number of amides is 1.